The van der Waals surface area contributed by atoms with E-state index in [-0.39, 0.29) is 35.0 Å². The maximum atomic E-state index is 5.47. The van der Waals surface area contributed by atoms with Gasteiger partial charge in [-0.05, 0) is 44.4 Å². The minimum Gasteiger partial charge on any atom is -0.497 e. The normalized spacial score (nSPS) is 16.7. The average Bonchev–Trinajstić information content (AvgIpc) is 3.12. The van der Waals surface area contributed by atoms with Crippen LogP contribution in [0.2, 0.25) is 0 Å². The molecule has 0 radical (unpaired) electrons. The van der Waals surface area contributed by atoms with Crippen LogP contribution in [0.1, 0.15) is 45.1 Å². The molecule has 1 saturated carbocycles. The first kappa shape index (κ1) is 23.0. The summed E-state index contributed by atoms with van der Waals surface area (Å²) in [5.41, 5.74) is 1.27. The number of aliphatic imine (C=N–C) groups is 1. The molecular weight excluding hydrogens is 441 g/mol. The van der Waals surface area contributed by atoms with Crippen LogP contribution in [0.25, 0.3) is 0 Å². The summed E-state index contributed by atoms with van der Waals surface area (Å²) in [4.78, 5) is 4.36. The van der Waals surface area contributed by atoms with E-state index in [4.69, 9.17) is 9.47 Å². The van der Waals surface area contributed by atoms with Crippen molar-refractivity contribution in [3.8, 4) is 5.75 Å². The summed E-state index contributed by atoms with van der Waals surface area (Å²) in [6.07, 6.45) is 4.91. The molecule has 148 valence electrons. The number of benzene rings is 1. The van der Waals surface area contributed by atoms with E-state index < -0.39 is 0 Å². The van der Waals surface area contributed by atoms with E-state index in [1.54, 1.807) is 14.2 Å². The molecule has 0 heterocycles. The smallest absolute Gasteiger partial charge is 0.191 e. The molecule has 0 aromatic heterocycles. The van der Waals surface area contributed by atoms with Gasteiger partial charge < -0.3 is 20.1 Å². The van der Waals surface area contributed by atoms with Gasteiger partial charge in [-0.2, -0.15) is 0 Å². The molecule has 1 aromatic rings. The molecule has 0 spiro atoms. The predicted octanol–water partition coefficient (Wildman–Crippen LogP) is 3.72. The highest BCUT2D eigenvalue weighted by atomic mass is 127. The van der Waals surface area contributed by atoms with E-state index >= 15 is 0 Å². The van der Waals surface area contributed by atoms with Crippen molar-refractivity contribution in [1.82, 2.24) is 10.6 Å². The van der Waals surface area contributed by atoms with Crippen molar-refractivity contribution < 1.29 is 9.47 Å². The number of methoxy groups -OCH3 is 2. The molecule has 1 aliphatic rings. The van der Waals surface area contributed by atoms with Crippen LogP contribution in [0.15, 0.2) is 29.3 Å². The van der Waals surface area contributed by atoms with Crippen molar-refractivity contribution >= 4 is 29.9 Å². The third-order valence-corrected chi connectivity index (χ3v) is 5.29. The molecule has 1 fully saturated rings. The Morgan fingerprint density at radius 1 is 1.19 bits per heavy atom. The molecule has 0 atom stereocenters. The molecule has 0 bridgehead atoms. The van der Waals surface area contributed by atoms with Crippen LogP contribution in [-0.4, -0.2) is 45.9 Å². The van der Waals surface area contributed by atoms with Crippen molar-refractivity contribution in [1.29, 1.82) is 0 Å². The van der Waals surface area contributed by atoms with Gasteiger partial charge in [-0.3, -0.25) is 4.99 Å². The number of ether oxygens (including phenoxy) is 2. The standard InChI is InChI=1S/C20H33N3O2.HI/c1-19(2,25-5)14-22-18(21-3)23-15-20(11-6-7-12-20)16-9-8-10-17(13-16)24-4;/h8-10,13H,6-7,11-12,14-15H2,1-5H3,(H2,21,22,23);1H. The van der Waals surface area contributed by atoms with Gasteiger partial charge in [-0.25, -0.2) is 0 Å². The summed E-state index contributed by atoms with van der Waals surface area (Å²) in [6.45, 7) is 5.69. The van der Waals surface area contributed by atoms with Crippen LogP contribution >= 0.6 is 24.0 Å². The van der Waals surface area contributed by atoms with Crippen LogP contribution in [0.4, 0.5) is 0 Å². The second-order valence-corrected chi connectivity index (χ2v) is 7.46. The summed E-state index contributed by atoms with van der Waals surface area (Å²) < 4.78 is 10.9. The molecular formula is C20H34IN3O2. The molecule has 1 aromatic carbocycles. The van der Waals surface area contributed by atoms with Crippen LogP contribution in [0.5, 0.6) is 5.75 Å². The van der Waals surface area contributed by atoms with Gasteiger partial charge in [0.2, 0.25) is 0 Å². The maximum absolute atomic E-state index is 5.47. The first-order valence-electron chi connectivity index (χ1n) is 9.09. The van der Waals surface area contributed by atoms with Crippen molar-refractivity contribution in [2.75, 3.05) is 34.4 Å². The fourth-order valence-electron chi connectivity index (χ4n) is 3.41. The van der Waals surface area contributed by atoms with Gasteiger partial charge in [0, 0.05) is 32.7 Å². The van der Waals surface area contributed by atoms with E-state index in [0.29, 0.717) is 6.54 Å². The van der Waals surface area contributed by atoms with Crippen LogP contribution < -0.4 is 15.4 Å². The first-order chi connectivity index (χ1) is 11.9. The van der Waals surface area contributed by atoms with Crippen LogP contribution in [0.3, 0.4) is 0 Å². The predicted molar refractivity (Wildman–Crippen MR) is 119 cm³/mol. The topological polar surface area (TPSA) is 54.9 Å². The quantitative estimate of drug-likeness (QED) is 0.359. The second-order valence-electron chi connectivity index (χ2n) is 7.46. The molecule has 0 unspecified atom stereocenters. The Kier molecular flexibility index (Phi) is 9.16. The summed E-state index contributed by atoms with van der Waals surface area (Å²) in [5.74, 6) is 1.74. The zero-order valence-electron chi connectivity index (χ0n) is 16.7. The molecule has 0 amide bonds. The minimum atomic E-state index is -0.227. The third-order valence-electron chi connectivity index (χ3n) is 5.29. The van der Waals surface area contributed by atoms with Crippen LogP contribution in [-0.2, 0) is 10.2 Å². The summed E-state index contributed by atoms with van der Waals surface area (Å²) >= 11 is 0. The van der Waals surface area contributed by atoms with Crippen molar-refractivity contribution in [2.45, 2.75) is 50.5 Å². The lowest BCUT2D eigenvalue weighted by atomic mass is 9.78. The van der Waals surface area contributed by atoms with E-state index in [1.807, 2.05) is 13.1 Å². The van der Waals surface area contributed by atoms with Crippen molar-refractivity contribution in [3.05, 3.63) is 29.8 Å². The molecule has 26 heavy (non-hydrogen) atoms. The number of guanidine groups is 1. The first-order valence-corrected chi connectivity index (χ1v) is 9.09. The van der Waals surface area contributed by atoms with Gasteiger partial charge in [0.15, 0.2) is 5.96 Å². The maximum Gasteiger partial charge on any atom is 0.191 e. The van der Waals surface area contributed by atoms with Gasteiger partial charge in [0.25, 0.3) is 0 Å². The number of halogens is 1. The molecule has 0 aliphatic heterocycles. The Labute approximate surface area is 175 Å². The highest BCUT2D eigenvalue weighted by Crippen LogP contribution is 2.41. The van der Waals surface area contributed by atoms with E-state index in [1.165, 1.54) is 31.2 Å². The Bertz CT molecular complexity index is 584. The Morgan fingerprint density at radius 3 is 2.46 bits per heavy atom. The largest absolute Gasteiger partial charge is 0.497 e. The third kappa shape index (κ3) is 6.01. The van der Waals surface area contributed by atoms with Gasteiger partial charge in [0.1, 0.15) is 5.75 Å². The van der Waals surface area contributed by atoms with Gasteiger partial charge in [-0.1, -0.05) is 25.0 Å². The molecule has 2 rings (SSSR count). The zero-order valence-corrected chi connectivity index (χ0v) is 19.1. The number of hydrogen-bond acceptors (Lipinski definition) is 3. The summed E-state index contributed by atoms with van der Waals surface area (Å²) in [6, 6.07) is 8.49. The molecule has 1 aliphatic carbocycles. The van der Waals surface area contributed by atoms with Gasteiger partial charge >= 0.3 is 0 Å². The van der Waals surface area contributed by atoms with Gasteiger partial charge in [0.05, 0.1) is 12.7 Å². The molecule has 2 N–H and O–H groups in total. The van der Waals surface area contributed by atoms with E-state index in [2.05, 4.69) is 47.7 Å². The van der Waals surface area contributed by atoms with Crippen LogP contribution in [0, 0.1) is 0 Å². The Hall–Kier alpha value is -1.02. The lowest BCUT2D eigenvalue weighted by molar-refractivity contribution is 0.0268. The summed E-state index contributed by atoms with van der Waals surface area (Å²) in [7, 11) is 5.26. The second kappa shape index (κ2) is 10.3. The highest BCUT2D eigenvalue weighted by molar-refractivity contribution is 14.0. The Balaban J connectivity index is 0.00000338. The lowest BCUT2D eigenvalue weighted by Gasteiger charge is -2.31. The van der Waals surface area contributed by atoms with E-state index in [0.717, 1.165) is 18.3 Å². The average molecular weight is 475 g/mol. The van der Waals surface area contributed by atoms with Crippen molar-refractivity contribution in [3.63, 3.8) is 0 Å². The van der Waals surface area contributed by atoms with Crippen molar-refractivity contribution in [2.24, 2.45) is 4.99 Å². The minimum absolute atomic E-state index is 0. The zero-order chi connectivity index (χ0) is 18.3. The fraction of sp³-hybridized carbons (Fsp3) is 0.650. The van der Waals surface area contributed by atoms with E-state index in [9.17, 15) is 0 Å². The van der Waals surface area contributed by atoms with Gasteiger partial charge in [-0.15, -0.1) is 24.0 Å². The number of nitrogens with zero attached hydrogens (tertiary/aromatic N) is 1. The number of nitrogens with one attached hydrogen (secondary N) is 2. The SMILES string of the molecule is CN=C(NCC(C)(C)OC)NCC1(c2cccc(OC)c2)CCCC1.I. The highest BCUT2D eigenvalue weighted by Gasteiger charge is 2.36. The lowest BCUT2D eigenvalue weighted by Crippen LogP contribution is -2.48. The monoisotopic (exact) mass is 475 g/mol. The summed E-state index contributed by atoms with van der Waals surface area (Å²) in [5, 5.41) is 6.89. The molecule has 0 saturated heterocycles. The number of hydrogen-bond donors (Lipinski definition) is 2. The number of rotatable bonds is 7. The Morgan fingerprint density at radius 2 is 1.88 bits per heavy atom. The molecule has 6 heteroatoms. The molecule has 5 nitrogen and oxygen atoms in total. The fourth-order valence-corrected chi connectivity index (χ4v) is 3.41.